The van der Waals surface area contributed by atoms with Crippen LogP contribution in [0.3, 0.4) is 0 Å². The number of anilines is 2. The minimum atomic E-state index is 0.718. The molecule has 0 aliphatic rings. The number of thiazole rings is 1. The molecule has 4 nitrogen and oxygen atoms in total. The number of halogens is 1. The van der Waals surface area contributed by atoms with Crippen LogP contribution in [0.1, 0.15) is 5.56 Å². The minimum Gasteiger partial charge on any atom is -0.316 e. The van der Waals surface area contributed by atoms with Crippen LogP contribution in [0.15, 0.2) is 67.3 Å². The Morgan fingerprint density at radius 1 is 0.923 bits per heavy atom. The third-order valence-corrected chi connectivity index (χ3v) is 5.17. The van der Waals surface area contributed by atoms with Crippen molar-refractivity contribution < 1.29 is 0 Å². The Hall–Kier alpha value is -2.76. The topological polar surface area (TPSA) is 50.7 Å². The molecule has 4 aromatic rings. The van der Waals surface area contributed by atoms with Gasteiger partial charge in [-0.2, -0.15) is 0 Å². The van der Waals surface area contributed by atoms with Crippen LogP contribution in [0.4, 0.5) is 10.9 Å². The second kappa shape index (κ2) is 7.23. The van der Waals surface area contributed by atoms with Gasteiger partial charge in [0, 0.05) is 46.5 Å². The minimum absolute atomic E-state index is 0.718. The number of hydrogen-bond acceptors (Lipinski definition) is 5. The van der Waals surface area contributed by atoms with E-state index in [1.807, 2.05) is 55.7 Å². The van der Waals surface area contributed by atoms with Crippen molar-refractivity contribution in [3.8, 4) is 21.6 Å². The third kappa shape index (κ3) is 3.45. The molecule has 4 rings (SSSR count). The number of nitrogens with one attached hydrogen (secondary N) is 1. The predicted octanol–water partition coefficient (Wildman–Crippen LogP) is 5.97. The van der Waals surface area contributed by atoms with Crippen LogP contribution in [0.5, 0.6) is 0 Å². The molecule has 1 aromatic carbocycles. The lowest BCUT2D eigenvalue weighted by molar-refractivity contribution is 1.29. The maximum Gasteiger partial charge on any atom is 0.188 e. The fourth-order valence-corrected chi connectivity index (χ4v) is 3.86. The van der Waals surface area contributed by atoms with Gasteiger partial charge in [-0.25, -0.2) is 9.97 Å². The summed E-state index contributed by atoms with van der Waals surface area (Å²) in [7, 11) is 0. The summed E-state index contributed by atoms with van der Waals surface area (Å²) in [5.41, 5.74) is 4.14. The highest BCUT2D eigenvalue weighted by Gasteiger charge is 2.13. The van der Waals surface area contributed by atoms with Gasteiger partial charge in [0.2, 0.25) is 0 Å². The molecule has 1 N–H and O–H groups in total. The Balaban J connectivity index is 1.71. The van der Waals surface area contributed by atoms with E-state index in [4.69, 9.17) is 11.6 Å². The van der Waals surface area contributed by atoms with Crippen LogP contribution in [0.25, 0.3) is 21.6 Å². The lowest BCUT2D eigenvalue weighted by atomic mass is 10.0. The highest BCUT2D eigenvalue weighted by atomic mass is 35.5. The van der Waals surface area contributed by atoms with Gasteiger partial charge in [-0.1, -0.05) is 41.1 Å². The van der Waals surface area contributed by atoms with Gasteiger partial charge in [0.15, 0.2) is 5.13 Å². The van der Waals surface area contributed by atoms with Crippen LogP contribution in [0, 0.1) is 6.92 Å². The van der Waals surface area contributed by atoms with Crippen molar-refractivity contribution in [2.45, 2.75) is 6.92 Å². The lowest BCUT2D eigenvalue weighted by Crippen LogP contribution is -1.90. The molecule has 0 amide bonds. The molecule has 3 heterocycles. The first-order valence-corrected chi connectivity index (χ1v) is 9.25. The fraction of sp³-hybridized carbons (Fsp3) is 0.0500. The molecule has 26 heavy (non-hydrogen) atoms. The number of nitrogens with zero attached hydrogens (tertiary/aromatic N) is 3. The average Bonchev–Trinajstić information content (AvgIpc) is 3.11. The van der Waals surface area contributed by atoms with Gasteiger partial charge in [0.25, 0.3) is 0 Å². The van der Waals surface area contributed by atoms with E-state index in [0.717, 1.165) is 43.1 Å². The SMILES string of the molecule is Cc1ccc(-c2cnccc2-c2cnc(Nc3ccccn3)s2)c(Cl)c1. The molecule has 0 unspecified atom stereocenters. The molecule has 0 fully saturated rings. The zero-order valence-electron chi connectivity index (χ0n) is 14.0. The molecule has 0 spiro atoms. The van der Waals surface area contributed by atoms with E-state index in [0.29, 0.717) is 0 Å². The van der Waals surface area contributed by atoms with Crippen LogP contribution in [-0.2, 0) is 0 Å². The highest BCUT2D eigenvalue weighted by molar-refractivity contribution is 7.19. The Kier molecular flexibility index (Phi) is 4.65. The third-order valence-electron chi connectivity index (χ3n) is 3.91. The van der Waals surface area contributed by atoms with Gasteiger partial charge in [-0.05, 0) is 36.8 Å². The van der Waals surface area contributed by atoms with Gasteiger partial charge in [0.05, 0.1) is 4.88 Å². The lowest BCUT2D eigenvalue weighted by Gasteiger charge is -2.09. The zero-order chi connectivity index (χ0) is 17.9. The van der Waals surface area contributed by atoms with Crippen molar-refractivity contribution in [3.05, 3.63) is 77.8 Å². The van der Waals surface area contributed by atoms with Gasteiger partial charge >= 0.3 is 0 Å². The molecule has 6 heteroatoms. The molecule has 0 bridgehead atoms. The molecule has 0 saturated carbocycles. The van der Waals surface area contributed by atoms with E-state index in [1.54, 1.807) is 23.7 Å². The first-order valence-electron chi connectivity index (χ1n) is 8.05. The summed E-state index contributed by atoms with van der Waals surface area (Å²) in [6.07, 6.45) is 7.23. The number of hydrogen-bond donors (Lipinski definition) is 1. The second-order valence-electron chi connectivity index (χ2n) is 5.77. The van der Waals surface area contributed by atoms with Crippen molar-refractivity contribution in [2.75, 3.05) is 5.32 Å². The monoisotopic (exact) mass is 378 g/mol. The number of aryl methyl sites for hydroxylation is 1. The van der Waals surface area contributed by atoms with Crippen molar-refractivity contribution in [2.24, 2.45) is 0 Å². The van der Waals surface area contributed by atoms with Crippen molar-refractivity contribution in [3.63, 3.8) is 0 Å². The summed E-state index contributed by atoms with van der Waals surface area (Å²) >= 11 is 8.04. The van der Waals surface area contributed by atoms with Crippen LogP contribution in [0.2, 0.25) is 5.02 Å². The summed E-state index contributed by atoms with van der Waals surface area (Å²) in [6, 6.07) is 13.8. The number of benzene rings is 1. The Labute approximate surface area is 160 Å². The molecule has 0 aliphatic heterocycles. The summed E-state index contributed by atoms with van der Waals surface area (Å²) in [6.45, 7) is 2.03. The first-order chi connectivity index (χ1) is 12.7. The van der Waals surface area contributed by atoms with Gasteiger partial charge in [-0.15, -0.1) is 0 Å². The Bertz CT molecular complexity index is 1050. The summed E-state index contributed by atoms with van der Waals surface area (Å²) in [5.74, 6) is 0.768. The zero-order valence-corrected chi connectivity index (χ0v) is 15.6. The quantitative estimate of drug-likeness (QED) is 0.475. The van der Waals surface area contributed by atoms with Crippen molar-refractivity contribution in [1.29, 1.82) is 0 Å². The Morgan fingerprint density at radius 2 is 1.85 bits per heavy atom. The molecule has 128 valence electrons. The summed E-state index contributed by atoms with van der Waals surface area (Å²) < 4.78 is 0. The molecule has 0 saturated heterocycles. The average molecular weight is 379 g/mol. The summed E-state index contributed by atoms with van der Waals surface area (Å²) in [4.78, 5) is 14.1. The van der Waals surface area contributed by atoms with E-state index in [9.17, 15) is 0 Å². The smallest absolute Gasteiger partial charge is 0.188 e. The molecule has 0 atom stereocenters. The van der Waals surface area contributed by atoms with Gasteiger partial charge in [0.1, 0.15) is 5.82 Å². The molecule has 0 aliphatic carbocycles. The van der Waals surface area contributed by atoms with Crippen molar-refractivity contribution >= 4 is 33.9 Å². The normalized spacial score (nSPS) is 10.7. The highest BCUT2D eigenvalue weighted by Crippen LogP contribution is 2.39. The van der Waals surface area contributed by atoms with E-state index in [-0.39, 0.29) is 0 Å². The van der Waals surface area contributed by atoms with Gasteiger partial charge < -0.3 is 5.32 Å². The second-order valence-corrected chi connectivity index (χ2v) is 7.21. The predicted molar refractivity (Wildman–Crippen MR) is 108 cm³/mol. The maximum atomic E-state index is 6.48. The molecule has 0 radical (unpaired) electrons. The van der Waals surface area contributed by atoms with E-state index >= 15 is 0 Å². The van der Waals surface area contributed by atoms with E-state index in [2.05, 4.69) is 26.3 Å². The summed E-state index contributed by atoms with van der Waals surface area (Å²) in [5, 5.41) is 4.73. The van der Waals surface area contributed by atoms with Crippen LogP contribution >= 0.6 is 22.9 Å². The Morgan fingerprint density at radius 3 is 2.65 bits per heavy atom. The molecule has 3 aromatic heterocycles. The van der Waals surface area contributed by atoms with Crippen LogP contribution in [-0.4, -0.2) is 15.0 Å². The standard InChI is InChI=1S/C20H15ClN4S/c1-13-5-6-14(17(21)10-13)16-11-22-9-7-15(16)18-12-24-20(26-18)25-19-4-2-3-8-23-19/h2-12H,1H3,(H,23,24,25). The van der Waals surface area contributed by atoms with Gasteiger partial charge in [-0.3, -0.25) is 4.98 Å². The molecular weight excluding hydrogens is 364 g/mol. The maximum absolute atomic E-state index is 6.48. The number of aromatic nitrogens is 3. The van der Waals surface area contributed by atoms with E-state index < -0.39 is 0 Å². The van der Waals surface area contributed by atoms with E-state index in [1.165, 1.54) is 0 Å². The number of rotatable bonds is 4. The fourth-order valence-electron chi connectivity index (χ4n) is 2.67. The first kappa shape index (κ1) is 16.7. The molecular formula is C20H15ClN4S. The van der Waals surface area contributed by atoms with Crippen LogP contribution < -0.4 is 5.32 Å². The van der Waals surface area contributed by atoms with Crippen molar-refractivity contribution in [1.82, 2.24) is 15.0 Å². The number of pyridine rings is 2. The largest absolute Gasteiger partial charge is 0.316 e.